The fourth-order valence-corrected chi connectivity index (χ4v) is 2.36. The van der Waals surface area contributed by atoms with Gasteiger partial charge in [-0.2, -0.15) is 0 Å². The van der Waals surface area contributed by atoms with E-state index in [4.69, 9.17) is 0 Å². The first-order valence-electron chi connectivity index (χ1n) is 4.40. The Bertz CT molecular complexity index is 379. The highest BCUT2D eigenvalue weighted by Gasteiger charge is 2.15. The summed E-state index contributed by atoms with van der Waals surface area (Å²) in [5.74, 6) is 0.0621. The second-order valence-electron chi connectivity index (χ2n) is 3.50. The predicted molar refractivity (Wildman–Crippen MR) is 65.2 cm³/mol. The zero-order chi connectivity index (χ0) is 11.0. The molecule has 0 aromatic heterocycles. The van der Waals surface area contributed by atoms with Gasteiger partial charge in [-0.25, -0.2) is 0 Å². The number of carbonyl (C=O) groups is 1. The van der Waals surface area contributed by atoms with Gasteiger partial charge < -0.3 is 0 Å². The van der Waals surface area contributed by atoms with E-state index in [1.807, 2.05) is 20.8 Å². The van der Waals surface area contributed by atoms with E-state index < -0.39 is 0 Å². The largest absolute Gasteiger partial charge is 0.294 e. The third kappa shape index (κ3) is 1.71. The fourth-order valence-electron chi connectivity index (χ4n) is 1.55. The van der Waals surface area contributed by atoms with Crippen molar-refractivity contribution in [3.05, 3.63) is 22.3 Å². The molecule has 1 nitrogen and oxygen atoms in total. The Hall–Kier alpha value is -0.410. The van der Waals surface area contributed by atoms with Gasteiger partial charge in [0.05, 0.1) is 0 Å². The van der Waals surface area contributed by atoms with Crippen LogP contribution >= 0.6 is 25.3 Å². The maximum absolute atomic E-state index is 11.4. The van der Waals surface area contributed by atoms with Crippen LogP contribution in [-0.4, -0.2) is 5.78 Å². The molecule has 0 saturated heterocycles. The quantitative estimate of drug-likeness (QED) is 0.554. The summed E-state index contributed by atoms with van der Waals surface area (Å²) in [6, 6.07) is 0. The average molecular weight is 226 g/mol. The van der Waals surface area contributed by atoms with Gasteiger partial charge in [-0.15, -0.1) is 25.3 Å². The van der Waals surface area contributed by atoms with Crippen LogP contribution in [0.4, 0.5) is 0 Å². The molecule has 0 bridgehead atoms. The van der Waals surface area contributed by atoms with Gasteiger partial charge >= 0.3 is 0 Å². The van der Waals surface area contributed by atoms with Crippen LogP contribution in [0.3, 0.4) is 0 Å². The summed E-state index contributed by atoms with van der Waals surface area (Å²) in [6.07, 6.45) is 0. The van der Waals surface area contributed by atoms with Gasteiger partial charge in [-0.1, -0.05) is 0 Å². The maximum Gasteiger partial charge on any atom is 0.161 e. The van der Waals surface area contributed by atoms with Crippen LogP contribution < -0.4 is 0 Å². The molecule has 0 fully saturated rings. The van der Waals surface area contributed by atoms with E-state index in [-0.39, 0.29) is 5.78 Å². The van der Waals surface area contributed by atoms with Crippen LogP contribution in [0.1, 0.15) is 34.0 Å². The van der Waals surface area contributed by atoms with E-state index in [2.05, 4.69) is 25.3 Å². The standard InChI is InChI=1S/C11H14OS2/c1-5-6(2)10(13)7(3)11(14)9(5)8(4)12/h13-14H,1-4H3. The Morgan fingerprint density at radius 3 is 1.86 bits per heavy atom. The van der Waals surface area contributed by atoms with Crippen LogP contribution in [0.5, 0.6) is 0 Å². The first-order valence-corrected chi connectivity index (χ1v) is 5.30. The summed E-state index contributed by atoms with van der Waals surface area (Å²) >= 11 is 8.77. The smallest absolute Gasteiger partial charge is 0.161 e. The summed E-state index contributed by atoms with van der Waals surface area (Å²) in [6.45, 7) is 7.41. The highest BCUT2D eigenvalue weighted by Crippen LogP contribution is 2.31. The average Bonchev–Trinajstić information content (AvgIpc) is 2.11. The van der Waals surface area contributed by atoms with Crippen molar-refractivity contribution in [2.75, 3.05) is 0 Å². The van der Waals surface area contributed by atoms with Gasteiger partial charge in [0.15, 0.2) is 5.78 Å². The van der Waals surface area contributed by atoms with E-state index in [1.165, 1.54) is 0 Å². The van der Waals surface area contributed by atoms with Crippen molar-refractivity contribution < 1.29 is 4.79 Å². The van der Waals surface area contributed by atoms with Gasteiger partial charge in [0.1, 0.15) is 0 Å². The number of benzene rings is 1. The van der Waals surface area contributed by atoms with Crippen LogP contribution in [0.15, 0.2) is 9.79 Å². The van der Waals surface area contributed by atoms with E-state index in [1.54, 1.807) is 6.92 Å². The molecule has 0 saturated carbocycles. The summed E-state index contributed by atoms with van der Waals surface area (Å²) in [4.78, 5) is 13.1. The normalized spacial score (nSPS) is 10.4. The lowest BCUT2D eigenvalue weighted by molar-refractivity contribution is 0.101. The Morgan fingerprint density at radius 2 is 1.43 bits per heavy atom. The molecule has 0 amide bonds. The molecule has 0 aliphatic carbocycles. The van der Waals surface area contributed by atoms with E-state index in [9.17, 15) is 4.79 Å². The molecule has 0 N–H and O–H groups in total. The monoisotopic (exact) mass is 226 g/mol. The molecule has 0 radical (unpaired) electrons. The highest BCUT2D eigenvalue weighted by atomic mass is 32.1. The first-order chi connectivity index (χ1) is 6.37. The third-order valence-electron chi connectivity index (χ3n) is 2.59. The third-order valence-corrected chi connectivity index (χ3v) is 3.82. The van der Waals surface area contributed by atoms with Crippen LogP contribution in [0.2, 0.25) is 0 Å². The van der Waals surface area contributed by atoms with Crippen molar-refractivity contribution in [2.45, 2.75) is 37.5 Å². The molecular weight excluding hydrogens is 212 g/mol. The van der Waals surface area contributed by atoms with Crippen molar-refractivity contribution in [2.24, 2.45) is 0 Å². The number of hydrogen-bond acceptors (Lipinski definition) is 3. The molecule has 1 aromatic rings. The number of hydrogen-bond donors (Lipinski definition) is 2. The number of rotatable bonds is 1. The molecule has 0 aliphatic rings. The lowest BCUT2D eigenvalue weighted by atomic mass is 9.97. The topological polar surface area (TPSA) is 17.1 Å². The molecule has 0 aliphatic heterocycles. The lowest BCUT2D eigenvalue weighted by Gasteiger charge is -2.15. The molecule has 76 valence electrons. The van der Waals surface area contributed by atoms with Crippen molar-refractivity contribution >= 4 is 31.0 Å². The van der Waals surface area contributed by atoms with Crippen LogP contribution in [0, 0.1) is 20.8 Å². The summed E-state index contributed by atoms with van der Waals surface area (Å²) in [7, 11) is 0. The summed E-state index contributed by atoms with van der Waals surface area (Å²) in [5, 5.41) is 0. The van der Waals surface area contributed by atoms with Crippen molar-refractivity contribution in [3.8, 4) is 0 Å². The van der Waals surface area contributed by atoms with Crippen LogP contribution in [0.25, 0.3) is 0 Å². The Balaban J connectivity index is 3.68. The molecular formula is C11H14OS2. The van der Waals surface area contributed by atoms with Gasteiger partial charge in [-0.3, -0.25) is 4.79 Å². The minimum atomic E-state index is 0.0621. The number of ketones is 1. The predicted octanol–water partition coefficient (Wildman–Crippen LogP) is 3.39. The van der Waals surface area contributed by atoms with Crippen molar-refractivity contribution in [1.29, 1.82) is 0 Å². The van der Waals surface area contributed by atoms with E-state index in [0.29, 0.717) is 0 Å². The first kappa shape index (κ1) is 11.7. The molecule has 0 spiro atoms. The van der Waals surface area contributed by atoms with Crippen molar-refractivity contribution in [1.82, 2.24) is 0 Å². The number of thiol groups is 2. The number of carbonyl (C=O) groups excluding carboxylic acids is 1. The minimum Gasteiger partial charge on any atom is -0.294 e. The molecule has 1 aromatic carbocycles. The second-order valence-corrected chi connectivity index (χ2v) is 4.40. The minimum absolute atomic E-state index is 0.0621. The molecule has 0 unspecified atom stereocenters. The Morgan fingerprint density at radius 1 is 0.929 bits per heavy atom. The lowest BCUT2D eigenvalue weighted by Crippen LogP contribution is -2.03. The van der Waals surface area contributed by atoms with Gasteiger partial charge in [0.25, 0.3) is 0 Å². The van der Waals surface area contributed by atoms with E-state index >= 15 is 0 Å². The Labute approximate surface area is 95.7 Å². The SMILES string of the molecule is CC(=O)c1c(C)c(C)c(S)c(C)c1S. The summed E-state index contributed by atoms with van der Waals surface area (Å²) in [5.41, 5.74) is 3.75. The fraction of sp³-hybridized carbons (Fsp3) is 0.364. The van der Waals surface area contributed by atoms with Crippen molar-refractivity contribution in [3.63, 3.8) is 0 Å². The van der Waals surface area contributed by atoms with Gasteiger partial charge in [0, 0.05) is 15.4 Å². The highest BCUT2D eigenvalue weighted by molar-refractivity contribution is 7.81. The van der Waals surface area contributed by atoms with E-state index in [0.717, 1.165) is 32.0 Å². The zero-order valence-electron chi connectivity index (χ0n) is 8.80. The molecule has 0 heterocycles. The molecule has 14 heavy (non-hydrogen) atoms. The molecule has 3 heteroatoms. The van der Waals surface area contributed by atoms with Gasteiger partial charge in [-0.05, 0) is 44.4 Å². The van der Waals surface area contributed by atoms with Crippen LogP contribution in [-0.2, 0) is 0 Å². The summed E-state index contributed by atoms with van der Waals surface area (Å²) < 4.78 is 0. The number of Topliss-reactive ketones (excluding diaryl/α,β-unsaturated/α-hetero) is 1. The Kier molecular flexibility index (Phi) is 3.32. The molecule has 0 atom stereocenters. The molecule has 1 rings (SSSR count). The maximum atomic E-state index is 11.4. The van der Waals surface area contributed by atoms with Gasteiger partial charge in [0.2, 0.25) is 0 Å². The zero-order valence-corrected chi connectivity index (χ0v) is 10.6. The second kappa shape index (κ2) is 3.99.